The molecule has 0 saturated carbocycles. The summed E-state index contributed by atoms with van der Waals surface area (Å²) >= 11 is 6.52. The zero-order valence-corrected chi connectivity index (χ0v) is 19.3. The van der Waals surface area contributed by atoms with Crippen LogP contribution in [0.3, 0.4) is 0 Å². The molecular formula is C22H24ClN7OS. The number of imidazole rings is 1. The smallest absolute Gasteiger partial charge is 0.182 e. The van der Waals surface area contributed by atoms with Crippen molar-refractivity contribution < 1.29 is 4.21 Å². The number of hydrogen-bond acceptors (Lipinski definition) is 7. The second-order valence-corrected chi connectivity index (χ2v) is 9.87. The number of pyridine rings is 1. The number of aromatic amines is 1. The first-order chi connectivity index (χ1) is 15.6. The normalized spacial score (nSPS) is 16.6. The van der Waals surface area contributed by atoms with Crippen molar-refractivity contribution in [3.8, 4) is 0 Å². The Morgan fingerprint density at radius 1 is 1.25 bits per heavy atom. The molecule has 0 bridgehead atoms. The fraction of sp³-hybridized carbons (Fsp3) is 0.364. The number of aromatic nitrogens is 5. The minimum absolute atomic E-state index is 0.186. The first-order valence-corrected chi connectivity index (χ1v) is 12.4. The van der Waals surface area contributed by atoms with Crippen molar-refractivity contribution in [1.29, 1.82) is 0 Å². The number of nitrogens with one attached hydrogen (secondary N) is 2. The van der Waals surface area contributed by atoms with E-state index in [1.54, 1.807) is 6.33 Å². The summed E-state index contributed by atoms with van der Waals surface area (Å²) < 4.78 is 13.3. The number of benzene rings is 1. The van der Waals surface area contributed by atoms with Crippen LogP contribution in [0.2, 0.25) is 5.02 Å². The van der Waals surface area contributed by atoms with Gasteiger partial charge in [-0.3, -0.25) is 4.21 Å². The lowest BCUT2D eigenvalue weighted by Gasteiger charge is -2.18. The highest BCUT2D eigenvalue weighted by molar-refractivity contribution is 7.85. The summed E-state index contributed by atoms with van der Waals surface area (Å²) in [5.74, 6) is 1.18. The number of fused-ring (bicyclic) bond motifs is 2. The minimum atomic E-state index is -1.26. The maximum Gasteiger partial charge on any atom is 0.182 e. The summed E-state index contributed by atoms with van der Waals surface area (Å²) in [6.45, 7) is 4.96. The van der Waals surface area contributed by atoms with Gasteiger partial charge >= 0.3 is 0 Å². The largest absolute Gasteiger partial charge is 0.360 e. The Balaban J connectivity index is 1.47. The number of halogens is 1. The van der Waals surface area contributed by atoms with Crippen molar-refractivity contribution in [1.82, 2.24) is 29.8 Å². The van der Waals surface area contributed by atoms with Crippen molar-refractivity contribution in [2.24, 2.45) is 0 Å². The highest BCUT2D eigenvalue weighted by atomic mass is 35.5. The van der Waals surface area contributed by atoms with Gasteiger partial charge in [-0.15, -0.1) is 0 Å². The van der Waals surface area contributed by atoms with Crippen LogP contribution in [-0.2, 0) is 10.8 Å². The maximum atomic E-state index is 13.3. The van der Waals surface area contributed by atoms with E-state index in [2.05, 4.69) is 30.2 Å². The molecule has 4 aromatic rings. The average molecular weight is 470 g/mol. The van der Waals surface area contributed by atoms with Gasteiger partial charge in [-0.1, -0.05) is 23.7 Å². The van der Waals surface area contributed by atoms with Crippen LogP contribution in [-0.4, -0.2) is 59.4 Å². The van der Waals surface area contributed by atoms with E-state index in [0.717, 1.165) is 41.6 Å². The molecule has 2 N–H and O–H groups in total. The van der Waals surface area contributed by atoms with Gasteiger partial charge in [-0.25, -0.2) is 19.9 Å². The van der Waals surface area contributed by atoms with Gasteiger partial charge in [0.2, 0.25) is 0 Å². The Bertz CT molecular complexity index is 1290. The van der Waals surface area contributed by atoms with Gasteiger partial charge in [0.1, 0.15) is 16.9 Å². The number of hydrogen-bond donors (Lipinski definition) is 2. The molecule has 8 nitrogen and oxygen atoms in total. The van der Waals surface area contributed by atoms with Gasteiger partial charge in [0.15, 0.2) is 11.5 Å². The van der Waals surface area contributed by atoms with Crippen LogP contribution in [0, 0.1) is 0 Å². The van der Waals surface area contributed by atoms with Crippen molar-refractivity contribution in [2.45, 2.75) is 30.8 Å². The molecule has 166 valence electrons. The van der Waals surface area contributed by atoms with E-state index >= 15 is 0 Å². The fourth-order valence-corrected chi connectivity index (χ4v) is 5.71. The van der Waals surface area contributed by atoms with E-state index in [9.17, 15) is 4.21 Å². The predicted octanol–water partition coefficient (Wildman–Crippen LogP) is 3.93. The van der Waals surface area contributed by atoms with Gasteiger partial charge in [-0.2, -0.15) is 0 Å². The number of rotatable bonds is 7. The molecule has 1 aromatic carbocycles. The predicted molar refractivity (Wildman–Crippen MR) is 127 cm³/mol. The first-order valence-electron chi connectivity index (χ1n) is 10.7. The van der Waals surface area contributed by atoms with Gasteiger partial charge in [-0.05, 0) is 50.4 Å². The lowest BCUT2D eigenvalue weighted by Crippen LogP contribution is -2.25. The summed E-state index contributed by atoms with van der Waals surface area (Å²) in [7, 11) is -1.26. The molecular weight excluding hydrogens is 446 g/mol. The van der Waals surface area contributed by atoms with Crippen LogP contribution >= 0.6 is 11.6 Å². The van der Waals surface area contributed by atoms with Crippen molar-refractivity contribution in [3.63, 3.8) is 0 Å². The topological polar surface area (TPSA) is 99.7 Å². The van der Waals surface area contributed by atoms with Gasteiger partial charge in [0.25, 0.3) is 0 Å². The van der Waals surface area contributed by atoms with Gasteiger partial charge < -0.3 is 15.2 Å². The molecule has 4 heterocycles. The molecule has 0 aliphatic carbocycles. The van der Waals surface area contributed by atoms with Crippen molar-refractivity contribution in [2.75, 3.05) is 30.7 Å². The van der Waals surface area contributed by atoms with E-state index in [1.807, 2.05) is 31.2 Å². The molecule has 10 heteroatoms. The molecule has 2 unspecified atom stereocenters. The Morgan fingerprint density at radius 2 is 2.09 bits per heavy atom. The zero-order valence-electron chi connectivity index (χ0n) is 17.7. The molecule has 32 heavy (non-hydrogen) atoms. The fourth-order valence-electron chi connectivity index (χ4n) is 4.11. The van der Waals surface area contributed by atoms with E-state index in [1.165, 1.54) is 19.2 Å². The van der Waals surface area contributed by atoms with Crippen molar-refractivity contribution >= 4 is 50.2 Å². The standard InChI is InChI=1S/C22H24ClN7OS/c1-14(28-21-19-20(25-12-24-19)26-13-27-21)17-11-15-5-4-6-16(23)18(15)22(29-17)32(31)10-9-30-7-2-3-8-30/h4-6,11-14H,2-3,7-10H2,1H3,(H2,24,25,26,27,28). The molecule has 0 amide bonds. The average Bonchev–Trinajstić information content (AvgIpc) is 3.49. The molecule has 2 atom stereocenters. The Morgan fingerprint density at radius 3 is 2.94 bits per heavy atom. The van der Waals surface area contributed by atoms with Crippen LogP contribution in [0.15, 0.2) is 41.9 Å². The molecule has 5 rings (SSSR count). The van der Waals surface area contributed by atoms with Crippen LogP contribution in [0.5, 0.6) is 0 Å². The molecule has 1 aliphatic heterocycles. The van der Waals surface area contributed by atoms with Gasteiger partial charge in [0.05, 0.1) is 33.9 Å². The first kappa shape index (κ1) is 21.2. The molecule has 1 fully saturated rings. The second kappa shape index (κ2) is 9.09. The third kappa shape index (κ3) is 4.20. The molecule has 0 radical (unpaired) electrons. The number of nitrogens with zero attached hydrogens (tertiary/aromatic N) is 5. The molecule has 1 saturated heterocycles. The number of H-pyrrole nitrogens is 1. The maximum absolute atomic E-state index is 13.3. The molecule has 1 aliphatic rings. The van der Waals surface area contributed by atoms with E-state index in [4.69, 9.17) is 16.6 Å². The van der Waals surface area contributed by atoms with Crippen LogP contribution in [0.1, 0.15) is 31.5 Å². The Labute approximate surface area is 193 Å². The lowest BCUT2D eigenvalue weighted by atomic mass is 10.1. The minimum Gasteiger partial charge on any atom is -0.360 e. The third-order valence-corrected chi connectivity index (χ3v) is 7.42. The van der Waals surface area contributed by atoms with E-state index in [0.29, 0.717) is 27.3 Å². The highest BCUT2D eigenvalue weighted by Gasteiger charge is 2.20. The summed E-state index contributed by atoms with van der Waals surface area (Å²) in [4.78, 5) is 22.9. The van der Waals surface area contributed by atoms with E-state index < -0.39 is 10.8 Å². The highest BCUT2D eigenvalue weighted by Crippen LogP contribution is 2.31. The van der Waals surface area contributed by atoms with Crippen molar-refractivity contribution in [3.05, 3.63) is 47.6 Å². The summed E-state index contributed by atoms with van der Waals surface area (Å²) in [6, 6.07) is 7.52. The second-order valence-electron chi connectivity index (χ2n) is 7.98. The van der Waals surface area contributed by atoms with Crippen LogP contribution in [0.4, 0.5) is 5.82 Å². The van der Waals surface area contributed by atoms with Crippen LogP contribution in [0.25, 0.3) is 21.9 Å². The quantitative estimate of drug-likeness (QED) is 0.423. The number of likely N-dealkylation sites (tertiary alicyclic amines) is 1. The molecule has 0 spiro atoms. The summed E-state index contributed by atoms with van der Waals surface area (Å²) in [6.07, 6.45) is 5.49. The lowest BCUT2D eigenvalue weighted by molar-refractivity contribution is 0.360. The summed E-state index contributed by atoms with van der Waals surface area (Å²) in [5.41, 5.74) is 2.10. The van der Waals surface area contributed by atoms with Crippen LogP contribution < -0.4 is 5.32 Å². The third-order valence-electron chi connectivity index (χ3n) is 5.82. The van der Waals surface area contributed by atoms with E-state index in [-0.39, 0.29) is 6.04 Å². The molecule has 3 aromatic heterocycles. The zero-order chi connectivity index (χ0) is 22.1. The SMILES string of the molecule is CC(Nc1ncnc2nc[nH]c12)c1cc2cccc(Cl)c2c(S(=O)CCN2CCCC2)n1. The summed E-state index contributed by atoms with van der Waals surface area (Å²) in [5, 5.41) is 6.19. The number of anilines is 1. The van der Waals surface area contributed by atoms with Gasteiger partial charge in [0, 0.05) is 17.7 Å². The Kier molecular flexibility index (Phi) is 6.03. The monoisotopic (exact) mass is 469 g/mol. The Hall–Kier alpha value is -2.62.